The molecule has 29 rings (SSSR count). The zero-order valence-corrected chi connectivity index (χ0v) is 81.2. The van der Waals surface area contributed by atoms with Gasteiger partial charge in [-0.15, -0.1) is 0 Å². The van der Waals surface area contributed by atoms with Gasteiger partial charge in [0, 0.05) is 114 Å². The van der Waals surface area contributed by atoms with E-state index in [4.69, 9.17) is 19.9 Å². The van der Waals surface area contributed by atoms with Crippen LogP contribution in [0.25, 0.3) is 182 Å². The maximum atomic E-state index is 4.92. The van der Waals surface area contributed by atoms with Gasteiger partial charge in [0.05, 0.1) is 60.8 Å². The number of rotatable bonds is 16. The Hall–Kier alpha value is -19.9. The van der Waals surface area contributed by atoms with Crippen molar-refractivity contribution in [2.24, 2.45) is 0 Å². The zero-order chi connectivity index (χ0) is 98.7. The van der Waals surface area contributed by atoms with Crippen LogP contribution in [-0.4, -0.2) is 29.5 Å². The number of hydrogen-bond acceptors (Lipinski definition) is 8. The summed E-state index contributed by atoms with van der Waals surface area (Å²) < 4.78 is 2.39. The van der Waals surface area contributed by atoms with E-state index < -0.39 is 0 Å². The van der Waals surface area contributed by atoms with Crippen molar-refractivity contribution in [2.45, 2.75) is 5.41 Å². The third-order valence-corrected chi connectivity index (χ3v) is 29.7. The summed E-state index contributed by atoms with van der Waals surface area (Å²) in [6, 6.07) is 192. The van der Waals surface area contributed by atoms with Crippen LogP contribution in [0.4, 0.5) is 51.2 Å². The number of anilines is 9. The van der Waals surface area contributed by atoms with Crippen LogP contribution in [0.1, 0.15) is 22.3 Å². The molecule has 698 valence electrons. The quantitative estimate of drug-likeness (QED) is 0.0886. The second-order valence-electron chi connectivity index (χ2n) is 38.1. The summed E-state index contributed by atoms with van der Waals surface area (Å²) in [5, 5.41) is 10.1. The Balaban J connectivity index is 0.000000112. The highest BCUT2D eigenvalue weighted by atomic mass is 15.2. The van der Waals surface area contributed by atoms with Gasteiger partial charge in [0.2, 0.25) is 0 Å². The van der Waals surface area contributed by atoms with E-state index in [2.05, 4.69) is 528 Å². The molecule has 0 unspecified atom stereocenters. The maximum Gasteiger partial charge on any atom is 0.0986 e. The number of nitrogens with zero attached hydrogens (tertiary/aromatic N) is 9. The number of pyridine rings is 5. The Morgan fingerprint density at radius 3 is 1.11 bits per heavy atom. The van der Waals surface area contributed by atoms with Crippen LogP contribution in [0, 0.1) is 0 Å². The molecule has 21 aromatic carbocycles. The van der Waals surface area contributed by atoms with Crippen molar-refractivity contribution in [1.29, 1.82) is 0 Å². The van der Waals surface area contributed by atoms with E-state index in [0.717, 1.165) is 128 Å². The van der Waals surface area contributed by atoms with Crippen LogP contribution in [0.3, 0.4) is 0 Å². The molecular weight excluding hydrogens is 1810 g/mol. The van der Waals surface area contributed by atoms with E-state index in [1.807, 2.05) is 61.3 Å². The van der Waals surface area contributed by atoms with Crippen molar-refractivity contribution in [2.75, 3.05) is 14.7 Å². The fourth-order valence-corrected chi connectivity index (χ4v) is 22.9. The van der Waals surface area contributed by atoms with Crippen molar-refractivity contribution in [3.8, 4) is 94.7 Å². The van der Waals surface area contributed by atoms with Crippen LogP contribution in [-0.2, 0) is 5.41 Å². The first kappa shape index (κ1) is 88.1. The largest absolute Gasteiger partial charge is 0.310 e. The van der Waals surface area contributed by atoms with Crippen molar-refractivity contribution in [3.63, 3.8) is 0 Å². The van der Waals surface area contributed by atoms with Gasteiger partial charge in [0.15, 0.2) is 0 Å². The number of aromatic nitrogens is 6. The van der Waals surface area contributed by atoms with Gasteiger partial charge in [0.25, 0.3) is 0 Å². The Morgan fingerprint density at radius 1 is 0.181 bits per heavy atom. The first-order valence-corrected chi connectivity index (χ1v) is 50.7. The Morgan fingerprint density at radius 2 is 0.537 bits per heavy atom. The van der Waals surface area contributed by atoms with E-state index >= 15 is 0 Å². The van der Waals surface area contributed by atoms with Gasteiger partial charge >= 0.3 is 0 Å². The average molecular weight is 1900 g/mol. The molecule has 9 nitrogen and oxygen atoms in total. The van der Waals surface area contributed by atoms with E-state index in [-0.39, 0.29) is 5.41 Å². The fourth-order valence-electron chi connectivity index (χ4n) is 22.9. The van der Waals surface area contributed by atoms with Crippen LogP contribution in [0.2, 0.25) is 0 Å². The molecule has 0 fully saturated rings. The summed E-state index contributed by atoms with van der Waals surface area (Å²) in [6.45, 7) is 0. The van der Waals surface area contributed by atoms with E-state index in [1.54, 1.807) is 0 Å². The molecule has 6 aromatic heterocycles. The highest BCUT2D eigenvalue weighted by Crippen LogP contribution is 2.64. The summed E-state index contributed by atoms with van der Waals surface area (Å²) in [5.74, 6) is 0. The topological polar surface area (TPSA) is 79.1 Å². The summed E-state index contributed by atoms with van der Waals surface area (Å²) >= 11 is 0. The number of benzene rings is 21. The average Bonchev–Trinajstić information content (AvgIpc) is 1.50. The first-order chi connectivity index (χ1) is 73.9. The molecule has 149 heavy (non-hydrogen) atoms. The summed E-state index contributed by atoms with van der Waals surface area (Å²) in [5.41, 5.74) is 42.1. The number of hydrogen-bond donors (Lipinski definition) is 0. The molecule has 0 saturated heterocycles. The third kappa shape index (κ3) is 15.7. The molecule has 1 spiro atoms. The molecule has 0 radical (unpaired) electrons. The smallest absolute Gasteiger partial charge is 0.0986 e. The van der Waals surface area contributed by atoms with Crippen LogP contribution >= 0.6 is 0 Å². The van der Waals surface area contributed by atoms with Crippen LogP contribution in [0.5, 0.6) is 0 Å². The molecule has 27 aromatic rings. The van der Waals surface area contributed by atoms with Crippen LogP contribution < -0.4 is 14.7 Å². The summed E-state index contributed by atoms with van der Waals surface area (Å²) in [6.07, 6.45) is 9.49. The molecular formula is C140H93N9. The molecule has 2 aliphatic carbocycles. The van der Waals surface area contributed by atoms with E-state index in [9.17, 15) is 0 Å². The van der Waals surface area contributed by atoms with Gasteiger partial charge < -0.3 is 19.3 Å². The minimum atomic E-state index is -0.390. The second-order valence-corrected chi connectivity index (χ2v) is 38.1. The highest BCUT2D eigenvalue weighted by molar-refractivity contribution is 6.18. The molecule has 0 saturated carbocycles. The summed E-state index contributed by atoms with van der Waals surface area (Å²) in [7, 11) is 0. The fraction of sp³-hybridized carbons (Fsp3) is 0.00714. The van der Waals surface area contributed by atoms with Gasteiger partial charge in [-0.1, -0.05) is 370 Å². The Labute approximate surface area is 863 Å². The molecule has 9 heteroatoms. The van der Waals surface area contributed by atoms with E-state index in [1.165, 1.54) is 127 Å². The third-order valence-electron chi connectivity index (χ3n) is 29.7. The monoisotopic (exact) mass is 1900 g/mol. The zero-order valence-electron chi connectivity index (χ0n) is 81.2. The Bertz CT molecular complexity index is 9640. The normalized spacial score (nSPS) is 11.9. The molecule has 0 amide bonds. The molecule has 6 heterocycles. The van der Waals surface area contributed by atoms with Gasteiger partial charge in [-0.05, 0) is 280 Å². The van der Waals surface area contributed by atoms with Crippen LogP contribution in [0.15, 0.2) is 565 Å². The minimum absolute atomic E-state index is 0.390. The number of para-hydroxylation sites is 1. The lowest BCUT2D eigenvalue weighted by molar-refractivity contribution is 0.794. The predicted octanol–water partition coefficient (Wildman–Crippen LogP) is 36.8. The van der Waals surface area contributed by atoms with Gasteiger partial charge in [-0.2, -0.15) is 0 Å². The summed E-state index contributed by atoms with van der Waals surface area (Å²) in [4.78, 5) is 31.3. The first-order valence-electron chi connectivity index (χ1n) is 50.7. The van der Waals surface area contributed by atoms with Gasteiger partial charge in [0.1, 0.15) is 0 Å². The van der Waals surface area contributed by atoms with Crippen molar-refractivity contribution < 1.29 is 0 Å². The highest BCUT2D eigenvalue weighted by Gasteiger charge is 2.52. The molecule has 0 aliphatic heterocycles. The molecule has 0 bridgehead atoms. The Kier molecular flexibility index (Phi) is 22.3. The van der Waals surface area contributed by atoms with E-state index in [0.29, 0.717) is 0 Å². The standard InChI is InChI=1S/C55H37N3.C49H31N3.C36H25N3/c1-4-12-38(13-5-1)40-23-28-46(29-24-40)57(47-30-25-41(26-31-47)39-14-6-2-7-15-39)48-32-34-53-51(37-48)50-36-44(27-33-52(50)58(53)45-18-8-3-9-19-45)49-20-10-16-42-21-22-43-17-11-35-56-55(43)54(42)49;1-2-13-32(14-3-1)33-15-10-17-35(29-33)52(46-25-11-24-45-47(46)48-34(31-51-45)16-12-28-50-48)36-26-27-44-40(30-36)39-20-6-9-23-43(39)49(44)41-21-7-4-18-37(41)38-19-5-8-22-42(38)49;1-3-10-26(11-4-1)28-19-21-31(22-20-28)39(32-16-7-14-29(24-32)27-12-5-2-6-13-27)34-18-8-15-30-25-38-33-17-9-23-37-36(33)35(30)34/h1-37H;1-31H;1-25H. The number of fused-ring (bicyclic) bond motifs is 22. The maximum absolute atomic E-state index is 4.92. The molecule has 0 atom stereocenters. The van der Waals surface area contributed by atoms with Crippen molar-refractivity contribution >= 4 is 138 Å². The van der Waals surface area contributed by atoms with Gasteiger partial charge in [-0.25, -0.2) is 0 Å². The lowest BCUT2D eigenvalue weighted by Crippen LogP contribution is -2.25. The predicted molar refractivity (Wildman–Crippen MR) is 621 cm³/mol. The molecule has 0 N–H and O–H groups in total. The van der Waals surface area contributed by atoms with Crippen molar-refractivity contribution in [1.82, 2.24) is 29.5 Å². The lowest BCUT2D eigenvalue weighted by atomic mass is 9.70. The van der Waals surface area contributed by atoms with Gasteiger partial charge in [-0.3, -0.25) is 24.9 Å². The molecule has 2 aliphatic rings. The lowest BCUT2D eigenvalue weighted by Gasteiger charge is -2.31. The minimum Gasteiger partial charge on any atom is -0.310 e. The second kappa shape index (κ2) is 37.8. The van der Waals surface area contributed by atoms with Crippen molar-refractivity contribution in [3.05, 3.63) is 587 Å². The SMILES string of the molecule is c1ccc(-c2ccc(N(c3ccc(-c4ccccc4)cc3)c3ccc4c(c3)c3cc(-c5cccc6ccc7cccnc7c56)ccc3n4-c3ccccc3)cc2)cc1.c1ccc(-c2ccc(N(c3cccc(-c4ccccc4)c3)c3cccc4cnc5cccnc5c34)cc2)cc1.c1ccc(-c2cccc(N(c3ccc4c(c3)-c3ccccc3C43c4ccccc4-c4ccccc43)c3cccc4ncc5cccnc5c34)c2)cc1.